The van der Waals surface area contributed by atoms with Crippen molar-refractivity contribution in [2.24, 2.45) is 0 Å². The molecule has 2 aromatic carbocycles. The zero-order valence-corrected chi connectivity index (χ0v) is 14.7. The van der Waals surface area contributed by atoms with Crippen LogP contribution in [0.15, 0.2) is 48.5 Å². The fourth-order valence-corrected chi connectivity index (χ4v) is 2.81. The van der Waals surface area contributed by atoms with Crippen molar-refractivity contribution in [1.29, 1.82) is 0 Å². The Kier molecular flexibility index (Phi) is 5.73. The van der Waals surface area contributed by atoms with Crippen molar-refractivity contribution in [3.63, 3.8) is 0 Å². The first-order valence-corrected chi connectivity index (χ1v) is 8.60. The molecule has 1 saturated heterocycles. The maximum Gasteiger partial charge on any atom is 0.252 e. The van der Waals surface area contributed by atoms with E-state index in [4.69, 9.17) is 9.47 Å². The van der Waals surface area contributed by atoms with Crippen LogP contribution in [0.4, 0.5) is 0 Å². The fourth-order valence-electron chi connectivity index (χ4n) is 2.81. The number of ether oxygens (including phenoxy) is 2. The van der Waals surface area contributed by atoms with E-state index >= 15 is 0 Å². The minimum Gasteiger partial charge on any atom is -0.493 e. The lowest BCUT2D eigenvalue weighted by atomic mass is 10.1. The largest absolute Gasteiger partial charge is 0.493 e. The molecular weight excluding hydrogens is 332 g/mol. The van der Waals surface area contributed by atoms with Crippen molar-refractivity contribution in [1.82, 2.24) is 10.6 Å². The fraction of sp³-hybridized carbons (Fsp3) is 0.300. The van der Waals surface area contributed by atoms with Gasteiger partial charge in [0.05, 0.1) is 7.11 Å². The molecular formula is C20H22N2O4. The van der Waals surface area contributed by atoms with Gasteiger partial charge in [0.25, 0.3) is 5.91 Å². The third kappa shape index (κ3) is 4.33. The van der Waals surface area contributed by atoms with Crippen LogP contribution in [0.1, 0.15) is 28.8 Å². The van der Waals surface area contributed by atoms with Crippen molar-refractivity contribution < 1.29 is 19.1 Å². The quantitative estimate of drug-likeness (QED) is 0.834. The van der Waals surface area contributed by atoms with Crippen LogP contribution in [0.5, 0.6) is 11.5 Å². The van der Waals surface area contributed by atoms with Crippen molar-refractivity contribution in [2.75, 3.05) is 13.7 Å². The van der Waals surface area contributed by atoms with E-state index in [0.29, 0.717) is 36.6 Å². The molecule has 6 heteroatoms. The predicted molar refractivity (Wildman–Crippen MR) is 97.3 cm³/mol. The maximum absolute atomic E-state index is 12.4. The Morgan fingerprint density at radius 3 is 2.73 bits per heavy atom. The van der Waals surface area contributed by atoms with E-state index in [2.05, 4.69) is 10.6 Å². The number of methoxy groups -OCH3 is 1. The lowest BCUT2D eigenvalue weighted by Gasteiger charge is -2.23. The molecule has 0 saturated carbocycles. The predicted octanol–water partition coefficient (Wildman–Crippen LogP) is 2.28. The highest BCUT2D eigenvalue weighted by atomic mass is 16.5. The van der Waals surface area contributed by atoms with E-state index in [1.54, 1.807) is 18.2 Å². The average molecular weight is 354 g/mol. The molecule has 26 heavy (non-hydrogen) atoms. The molecule has 2 amide bonds. The van der Waals surface area contributed by atoms with Gasteiger partial charge in [-0.25, -0.2) is 0 Å². The van der Waals surface area contributed by atoms with E-state index in [1.807, 2.05) is 30.3 Å². The Bertz CT molecular complexity index is 777. The van der Waals surface area contributed by atoms with Crippen LogP contribution in [0.3, 0.4) is 0 Å². The third-order valence-corrected chi connectivity index (χ3v) is 4.25. The molecule has 6 nitrogen and oxygen atoms in total. The van der Waals surface area contributed by atoms with Crippen LogP contribution >= 0.6 is 0 Å². The molecule has 2 N–H and O–H groups in total. The molecule has 1 unspecified atom stereocenters. The van der Waals surface area contributed by atoms with E-state index in [0.717, 1.165) is 12.0 Å². The van der Waals surface area contributed by atoms with Crippen molar-refractivity contribution in [2.45, 2.75) is 25.5 Å². The Balaban J connectivity index is 1.67. The van der Waals surface area contributed by atoms with Gasteiger partial charge in [0.2, 0.25) is 5.91 Å². The molecule has 2 aromatic rings. The van der Waals surface area contributed by atoms with Crippen molar-refractivity contribution >= 4 is 11.8 Å². The molecule has 1 aliphatic heterocycles. The number of carbonyl (C=O) groups is 2. The third-order valence-electron chi connectivity index (χ3n) is 4.25. The lowest BCUT2D eigenvalue weighted by Crippen LogP contribution is -2.50. The van der Waals surface area contributed by atoms with Gasteiger partial charge in [0.1, 0.15) is 12.6 Å². The summed E-state index contributed by atoms with van der Waals surface area (Å²) < 4.78 is 11.1. The molecule has 1 heterocycles. The Labute approximate surface area is 152 Å². The van der Waals surface area contributed by atoms with Crippen LogP contribution in [0.2, 0.25) is 0 Å². The summed E-state index contributed by atoms with van der Waals surface area (Å²) >= 11 is 0. The molecule has 136 valence electrons. The lowest BCUT2D eigenvalue weighted by molar-refractivity contribution is -0.124. The minimum absolute atomic E-state index is 0.139. The first-order valence-electron chi connectivity index (χ1n) is 8.60. The van der Waals surface area contributed by atoms with Crippen LogP contribution in [-0.2, 0) is 11.4 Å². The van der Waals surface area contributed by atoms with Gasteiger partial charge in [-0.1, -0.05) is 30.3 Å². The smallest absolute Gasteiger partial charge is 0.252 e. The summed E-state index contributed by atoms with van der Waals surface area (Å²) in [5.74, 6) is 0.587. The summed E-state index contributed by atoms with van der Waals surface area (Å²) in [5.41, 5.74) is 1.46. The van der Waals surface area contributed by atoms with Crippen LogP contribution in [0, 0.1) is 0 Å². The molecule has 1 atom stereocenters. The van der Waals surface area contributed by atoms with Crippen molar-refractivity contribution in [3.8, 4) is 11.5 Å². The van der Waals surface area contributed by atoms with E-state index in [9.17, 15) is 9.59 Å². The maximum atomic E-state index is 12.4. The normalized spacial score (nSPS) is 16.5. The number of amides is 2. The first-order chi connectivity index (χ1) is 12.7. The Hall–Kier alpha value is -3.02. The monoisotopic (exact) mass is 354 g/mol. The highest BCUT2D eigenvalue weighted by Gasteiger charge is 2.24. The number of piperidine rings is 1. The first kappa shape index (κ1) is 17.8. The zero-order chi connectivity index (χ0) is 18.4. The van der Waals surface area contributed by atoms with Crippen molar-refractivity contribution in [3.05, 3.63) is 59.7 Å². The molecule has 1 fully saturated rings. The number of nitrogens with one attached hydrogen (secondary N) is 2. The SMILES string of the molecule is COc1cc(C(=O)NC2CCCNC2=O)ccc1OCc1ccccc1. The van der Waals surface area contributed by atoms with Gasteiger partial charge in [-0.15, -0.1) is 0 Å². The molecule has 0 bridgehead atoms. The molecule has 0 aliphatic carbocycles. The molecule has 1 aliphatic rings. The highest BCUT2D eigenvalue weighted by Crippen LogP contribution is 2.29. The summed E-state index contributed by atoms with van der Waals surface area (Å²) in [6.45, 7) is 1.07. The summed E-state index contributed by atoms with van der Waals surface area (Å²) in [5, 5.41) is 5.52. The molecule has 0 spiro atoms. The van der Waals surface area contributed by atoms with E-state index in [-0.39, 0.29) is 11.8 Å². The molecule has 0 radical (unpaired) electrons. The summed E-state index contributed by atoms with van der Waals surface area (Å²) in [6, 6.07) is 14.3. The van der Waals surface area contributed by atoms with Crippen LogP contribution < -0.4 is 20.1 Å². The topological polar surface area (TPSA) is 76.7 Å². The number of hydrogen-bond donors (Lipinski definition) is 2. The summed E-state index contributed by atoms with van der Waals surface area (Å²) in [4.78, 5) is 24.2. The number of carbonyl (C=O) groups excluding carboxylic acids is 2. The van der Waals surface area contributed by atoms with Crippen LogP contribution in [0.25, 0.3) is 0 Å². The van der Waals surface area contributed by atoms with E-state index in [1.165, 1.54) is 7.11 Å². The number of hydrogen-bond acceptors (Lipinski definition) is 4. The van der Waals surface area contributed by atoms with Gasteiger partial charge in [0, 0.05) is 12.1 Å². The van der Waals surface area contributed by atoms with Gasteiger partial charge in [0.15, 0.2) is 11.5 Å². The highest BCUT2D eigenvalue weighted by molar-refractivity contribution is 5.98. The Morgan fingerprint density at radius 2 is 2.00 bits per heavy atom. The Morgan fingerprint density at radius 1 is 1.19 bits per heavy atom. The van der Waals surface area contributed by atoms with Gasteiger partial charge >= 0.3 is 0 Å². The number of benzene rings is 2. The zero-order valence-electron chi connectivity index (χ0n) is 14.7. The van der Waals surface area contributed by atoms with Crippen LogP contribution in [-0.4, -0.2) is 31.5 Å². The second kappa shape index (κ2) is 8.38. The average Bonchev–Trinajstić information content (AvgIpc) is 2.68. The van der Waals surface area contributed by atoms with Gasteiger partial charge in [-0.05, 0) is 36.6 Å². The number of rotatable bonds is 6. The second-order valence-corrected chi connectivity index (χ2v) is 6.10. The summed E-state index contributed by atoms with van der Waals surface area (Å²) in [7, 11) is 1.53. The summed E-state index contributed by atoms with van der Waals surface area (Å²) in [6.07, 6.45) is 1.50. The standard InChI is InChI=1S/C20H22N2O4/c1-25-18-12-15(19(23)22-16-8-5-11-21-20(16)24)9-10-17(18)26-13-14-6-3-2-4-7-14/h2-4,6-7,9-10,12,16H,5,8,11,13H2,1H3,(H,21,24)(H,22,23). The van der Waals surface area contributed by atoms with Gasteiger partial charge in [-0.2, -0.15) is 0 Å². The van der Waals surface area contributed by atoms with Gasteiger partial charge < -0.3 is 20.1 Å². The van der Waals surface area contributed by atoms with Gasteiger partial charge in [-0.3, -0.25) is 9.59 Å². The van der Waals surface area contributed by atoms with E-state index < -0.39 is 6.04 Å². The molecule has 3 rings (SSSR count). The molecule has 0 aromatic heterocycles. The minimum atomic E-state index is -0.490. The second-order valence-electron chi connectivity index (χ2n) is 6.10.